The van der Waals surface area contributed by atoms with Crippen molar-refractivity contribution in [3.8, 4) is 0 Å². The molecule has 0 aromatic carbocycles. The van der Waals surface area contributed by atoms with Gasteiger partial charge in [0.2, 0.25) is 0 Å². The van der Waals surface area contributed by atoms with Gasteiger partial charge in [-0.25, -0.2) is 0 Å². The van der Waals surface area contributed by atoms with E-state index in [1.54, 1.807) is 0 Å². The molecule has 90 valence electrons. The van der Waals surface area contributed by atoms with Crippen molar-refractivity contribution in [1.29, 1.82) is 0 Å². The van der Waals surface area contributed by atoms with Crippen molar-refractivity contribution in [1.82, 2.24) is 0 Å². The lowest BCUT2D eigenvalue weighted by molar-refractivity contribution is 0.239. The van der Waals surface area contributed by atoms with E-state index in [9.17, 15) is 0 Å². The van der Waals surface area contributed by atoms with E-state index in [-0.39, 0.29) is 0 Å². The molecule has 0 radical (unpaired) electrons. The second kappa shape index (κ2) is 6.83. The smallest absolute Gasteiger partial charge is 0.0158 e. The Labute approximate surface area is 102 Å². The summed E-state index contributed by atoms with van der Waals surface area (Å²) in [6, 6.07) is 0. The molecule has 1 heteroatoms. The lowest BCUT2D eigenvalue weighted by atomic mass is 9.73. The number of rotatable bonds is 6. The average Bonchev–Trinajstić information content (AvgIpc) is 2.25. The standard InChI is InChI=1S/C14H28S/c1-3-5-9-13-10-7-8-12-14(13,15)11-6-4-2/h13,15H,3-12H2,1-2H3. The third-order valence-electron chi connectivity index (χ3n) is 4.04. The van der Waals surface area contributed by atoms with Gasteiger partial charge in [0.15, 0.2) is 0 Å². The summed E-state index contributed by atoms with van der Waals surface area (Å²) >= 11 is 5.05. The normalized spacial score (nSPS) is 31.8. The van der Waals surface area contributed by atoms with Gasteiger partial charge in [0.1, 0.15) is 0 Å². The van der Waals surface area contributed by atoms with Crippen LogP contribution in [0.3, 0.4) is 0 Å². The summed E-state index contributed by atoms with van der Waals surface area (Å²) in [7, 11) is 0. The zero-order valence-electron chi connectivity index (χ0n) is 10.6. The quantitative estimate of drug-likeness (QED) is 0.592. The molecule has 0 bridgehead atoms. The van der Waals surface area contributed by atoms with Gasteiger partial charge in [-0.1, -0.05) is 52.4 Å². The zero-order chi connectivity index (χ0) is 11.1. The molecule has 1 saturated carbocycles. The second-order valence-corrected chi connectivity index (χ2v) is 6.18. The first kappa shape index (κ1) is 13.4. The molecule has 1 aliphatic carbocycles. The summed E-state index contributed by atoms with van der Waals surface area (Å²) in [4.78, 5) is 0. The number of hydrogen-bond acceptors (Lipinski definition) is 1. The summed E-state index contributed by atoms with van der Waals surface area (Å²) in [5, 5.41) is 0. The van der Waals surface area contributed by atoms with E-state index < -0.39 is 0 Å². The largest absolute Gasteiger partial charge is 0.172 e. The Kier molecular flexibility index (Phi) is 6.11. The molecule has 0 aromatic heterocycles. The Hall–Kier alpha value is 0.350. The number of thiol groups is 1. The summed E-state index contributed by atoms with van der Waals surface area (Å²) < 4.78 is 0.392. The first-order valence-electron chi connectivity index (χ1n) is 6.95. The van der Waals surface area contributed by atoms with Crippen molar-refractivity contribution >= 4 is 12.6 Å². The molecule has 0 nitrogen and oxygen atoms in total. The van der Waals surface area contributed by atoms with Gasteiger partial charge in [0, 0.05) is 4.75 Å². The van der Waals surface area contributed by atoms with E-state index in [2.05, 4.69) is 13.8 Å². The Morgan fingerprint density at radius 2 is 1.87 bits per heavy atom. The van der Waals surface area contributed by atoms with Crippen molar-refractivity contribution < 1.29 is 0 Å². The molecule has 0 saturated heterocycles. The molecule has 15 heavy (non-hydrogen) atoms. The highest BCUT2D eigenvalue weighted by atomic mass is 32.1. The van der Waals surface area contributed by atoms with Crippen LogP contribution in [-0.2, 0) is 0 Å². The fourth-order valence-corrected chi connectivity index (χ4v) is 3.54. The predicted molar refractivity (Wildman–Crippen MR) is 72.7 cm³/mol. The van der Waals surface area contributed by atoms with Crippen molar-refractivity contribution in [2.75, 3.05) is 0 Å². The van der Waals surface area contributed by atoms with Crippen molar-refractivity contribution in [3.63, 3.8) is 0 Å². The van der Waals surface area contributed by atoms with Crippen LogP contribution in [0.5, 0.6) is 0 Å². The average molecular weight is 228 g/mol. The highest BCUT2D eigenvalue weighted by Crippen LogP contribution is 2.44. The molecular formula is C14H28S. The van der Waals surface area contributed by atoms with E-state index in [1.807, 2.05) is 0 Å². The van der Waals surface area contributed by atoms with E-state index in [0.717, 1.165) is 5.92 Å². The fraction of sp³-hybridized carbons (Fsp3) is 1.00. The summed E-state index contributed by atoms with van der Waals surface area (Å²) in [6.45, 7) is 4.59. The van der Waals surface area contributed by atoms with E-state index in [4.69, 9.17) is 12.6 Å². The lowest BCUT2D eigenvalue weighted by Crippen LogP contribution is -2.35. The SMILES string of the molecule is CCCCC1CCCCC1(S)CCCC. The third kappa shape index (κ3) is 4.01. The summed E-state index contributed by atoms with van der Waals surface area (Å²) in [5.41, 5.74) is 0. The van der Waals surface area contributed by atoms with E-state index in [0.29, 0.717) is 4.75 Å². The predicted octanol–water partition coefficient (Wildman–Crippen LogP) is 5.23. The maximum Gasteiger partial charge on any atom is 0.0158 e. The maximum absolute atomic E-state index is 5.05. The van der Waals surface area contributed by atoms with Crippen LogP contribution in [0.2, 0.25) is 0 Å². The van der Waals surface area contributed by atoms with Gasteiger partial charge in [-0.3, -0.25) is 0 Å². The first-order chi connectivity index (χ1) is 7.23. The van der Waals surface area contributed by atoms with Crippen LogP contribution in [0.1, 0.15) is 78.1 Å². The fourth-order valence-electron chi connectivity index (χ4n) is 2.97. The molecule has 0 spiro atoms. The molecule has 1 rings (SSSR count). The second-order valence-electron chi connectivity index (χ2n) is 5.29. The van der Waals surface area contributed by atoms with Gasteiger partial charge < -0.3 is 0 Å². The van der Waals surface area contributed by atoms with E-state index in [1.165, 1.54) is 64.2 Å². The molecule has 2 unspecified atom stereocenters. The molecule has 1 fully saturated rings. The van der Waals surface area contributed by atoms with Gasteiger partial charge in [-0.05, 0) is 31.6 Å². The van der Waals surface area contributed by atoms with Crippen LogP contribution >= 0.6 is 12.6 Å². The van der Waals surface area contributed by atoms with Gasteiger partial charge >= 0.3 is 0 Å². The molecule has 2 atom stereocenters. The summed E-state index contributed by atoms with van der Waals surface area (Å²) in [6.07, 6.45) is 13.9. The molecule has 0 aromatic rings. The lowest BCUT2D eigenvalue weighted by Gasteiger charge is -2.41. The van der Waals surface area contributed by atoms with Gasteiger partial charge in [0.25, 0.3) is 0 Å². The molecule has 0 amide bonds. The van der Waals surface area contributed by atoms with Gasteiger partial charge in [-0.15, -0.1) is 0 Å². The van der Waals surface area contributed by atoms with Crippen LogP contribution < -0.4 is 0 Å². The van der Waals surface area contributed by atoms with Crippen molar-refractivity contribution in [3.05, 3.63) is 0 Å². The molecule has 1 aliphatic rings. The Morgan fingerprint density at radius 3 is 2.53 bits per heavy atom. The zero-order valence-corrected chi connectivity index (χ0v) is 11.5. The van der Waals surface area contributed by atoms with Crippen LogP contribution in [0.25, 0.3) is 0 Å². The first-order valence-corrected chi connectivity index (χ1v) is 7.40. The number of hydrogen-bond donors (Lipinski definition) is 1. The molecular weight excluding hydrogens is 200 g/mol. The summed E-state index contributed by atoms with van der Waals surface area (Å²) in [5.74, 6) is 0.904. The van der Waals surface area contributed by atoms with Crippen LogP contribution in [0.4, 0.5) is 0 Å². The Balaban J connectivity index is 2.46. The van der Waals surface area contributed by atoms with Crippen LogP contribution in [0, 0.1) is 5.92 Å². The van der Waals surface area contributed by atoms with Crippen LogP contribution in [0.15, 0.2) is 0 Å². The van der Waals surface area contributed by atoms with Crippen molar-refractivity contribution in [2.45, 2.75) is 82.8 Å². The molecule has 0 aliphatic heterocycles. The maximum atomic E-state index is 5.05. The van der Waals surface area contributed by atoms with Gasteiger partial charge in [0.05, 0.1) is 0 Å². The Bertz CT molecular complexity index is 167. The minimum Gasteiger partial charge on any atom is -0.172 e. The van der Waals surface area contributed by atoms with E-state index >= 15 is 0 Å². The van der Waals surface area contributed by atoms with Crippen molar-refractivity contribution in [2.24, 2.45) is 5.92 Å². The van der Waals surface area contributed by atoms with Crippen LogP contribution in [-0.4, -0.2) is 4.75 Å². The van der Waals surface area contributed by atoms with Gasteiger partial charge in [-0.2, -0.15) is 12.6 Å². The highest BCUT2D eigenvalue weighted by Gasteiger charge is 2.36. The third-order valence-corrected chi connectivity index (χ3v) is 4.85. The topological polar surface area (TPSA) is 0 Å². The molecule has 0 N–H and O–H groups in total. The monoisotopic (exact) mass is 228 g/mol. The number of unbranched alkanes of at least 4 members (excludes halogenated alkanes) is 2. The Morgan fingerprint density at radius 1 is 1.13 bits per heavy atom. The highest BCUT2D eigenvalue weighted by molar-refractivity contribution is 7.81. The molecule has 0 heterocycles. The minimum absolute atomic E-state index is 0.392. The minimum atomic E-state index is 0.392.